The molecule has 4 saturated carbocycles. The van der Waals surface area contributed by atoms with Crippen molar-refractivity contribution in [3.8, 4) is 5.75 Å². The van der Waals surface area contributed by atoms with Crippen LogP contribution in [0.15, 0.2) is 42.0 Å². The van der Waals surface area contributed by atoms with Gasteiger partial charge in [-0.15, -0.1) is 0 Å². The number of hydrogen-bond acceptors (Lipinski definition) is 29. The number of aliphatic carboxylic acids is 1. The van der Waals surface area contributed by atoms with E-state index in [1.807, 2.05) is 6.92 Å². The van der Waals surface area contributed by atoms with Gasteiger partial charge in [-0.3, -0.25) is 9.59 Å². The van der Waals surface area contributed by atoms with E-state index >= 15 is 4.79 Å². The van der Waals surface area contributed by atoms with Crippen molar-refractivity contribution in [1.29, 1.82) is 0 Å². The number of carbonyl (C=O) groups excluding carboxylic acids is 2. The molecule has 30 heteroatoms. The highest BCUT2D eigenvalue weighted by atomic mass is 16.8. The third-order valence-electron chi connectivity index (χ3n) is 24.4. The van der Waals surface area contributed by atoms with Crippen molar-refractivity contribution in [3.63, 3.8) is 0 Å². The van der Waals surface area contributed by atoms with Crippen LogP contribution in [0, 0.1) is 50.2 Å². The minimum Gasteiger partial charge on any atom is -0.497 e. The molecule has 9 fully saturated rings. The lowest BCUT2D eigenvalue weighted by Crippen LogP contribution is -2.71. The van der Waals surface area contributed by atoms with Gasteiger partial charge in [0.25, 0.3) is 0 Å². The average molecular weight is 1400 g/mol. The summed E-state index contributed by atoms with van der Waals surface area (Å²) in [6.45, 7) is 10.4. The molecule has 15 N–H and O–H groups in total. The minimum atomic E-state index is -2.08. The molecular weight excluding hydrogens is 1300 g/mol. The highest BCUT2D eigenvalue weighted by Crippen LogP contribution is 2.76. The first kappa shape index (κ1) is 75.2. The van der Waals surface area contributed by atoms with Crippen LogP contribution < -0.4 is 4.74 Å². The number of carboxylic acids is 1. The maximum atomic E-state index is 16.0. The molecule has 0 aromatic heterocycles. The summed E-state index contributed by atoms with van der Waals surface area (Å²) in [7, 11) is 1.50. The van der Waals surface area contributed by atoms with Crippen LogP contribution in [0.1, 0.15) is 112 Å². The van der Waals surface area contributed by atoms with Gasteiger partial charge in [-0.05, 0) is 136 Å². The zero-order valence-corrected chi connectivity index (χ0v) is 56.2. The molecule has 30 nitrogen and oxygen atoms in total. The van der Waals surface area contributed by atoms with Crippen molar-refractivity contribution in [3.05, 3.63) is 47.6 Å². The lowest BCUT2D eigenvalue weighted by Gasteiger charge is -2.71. The Hall–Kier alpha value is -4.01. The van der Waals surface area contributed by atoms with Gasteiger partial charge in [0.05, 0.1) is 62.7 Å². The number of rotatable bonds is 17. The standard InChI is InChI=1S/C68H100O30/c1-29-51(93-41(74)16-11-31-9-12-32(87-8)13-10-31)49(82)54(96-59-50(83)53(95-57-47(80)43(76)37(73)27-89-57)52(30(2)90-59)94-56-46(79)42(75)36(72)26-88-56)60(91-29)98-62(86)67-20-19-63(3,4)23-34(67)33-14-15-39-64(5)24-35(71)55(97-58-48(81)45(78)44(77)38(25-69)92-58)66(7,61(84)85)40(64)17-18-65(39,6)68(33,28-70)22-21-67/h9-14,16,29-30,34-40,42-60,69-73,75-83H,15,17-28H2,1-8H3,(H,84,85)/b16-11+/t29-,30+,34+,35+,36-,37+,38-,39-,40-,42+,43+,44-,45+,46-,47-,48-,49+,50-,51+,52+,53+,54-,55+,56+,57+,58+,59+,60+,64-,65-,66+,67+,68+/m1/s1. The molecule has 0 bridgehead atoms. The number of esters is 2. The van der Waals surface area contributed by atoms with Gasteiger partial charge < -0.3 is 133 Å². The fourth-order valence-electron chi connectivity index (χ4n) is 18.8. The van der Waals surface area contributed by atoms with E-state index in [2.05, 4.69) is 26.8 Å². The molecule has 0 radical (unpaired) electrons. The van der Waals surface area contributed by atoms with Crippen LogP contribution in [0.5, 0.6) is 5.75 Å². The fourth-order valence-corrected chi connectivity index (χ4v) is 18.8. The maximum Gasteiger partial charge on any atom is 0.331 e. The number of aliphatic hydroxyl groups excluding tert-OH is 14. The molecule has 1 aromatic carbocycles. The molecule has 552 valence electrons. The van der Waals surface area contributed by atoms with Gasteiger partial charge in [0, 0.05) is 11.5 Å². The summed E-state index contributed by atoms with van der Waals surface area (Å²) in [5.74, 6) is -4.13. The third kappa shape index (κ3) is 13.0. The Kier molecular flexibility index (Phi) is 21.9. The topological polar surface area (TPSA) is 465 Å². The quantitative estimate of drug-likeness (QED) is 0.0362. The number of ether oxygens (including phenoxy) is 12. The summed E-state index contributed by atoms with van der Waals surface area (Å²) in [5, 5.41) is 167. The van der Waals surface area contributed by atoms with E-state index in [1.165, 1.54) is 34.0 Å². The van der Waals surface area contributed by atoms with Gasteiger partial charge >= 0.3 is 17.9 Å². The third-order valence-corrected chi connectivity index (χ3v) is 24.4. The molecule has 98 heavy (non-hydrogen) atoms. The Labute approximate surface area is 566 Å². The van der Waals surface area contributed by atoms with E-state index in [0.717, 1.165) is 11.6 Å². The monoisotopic (exact) mass is 1400 g/mol. The van der Waals surface area contributed by atoms with Gasteiger partial charge in [0.2, 0.25) is 6.29 Å². The molecular formula is C68H100O30. The predicted octanol–water partition coefficient (Wildman–Crippen LogP) is -1.60. The number of allylic oxidation sites excluding steroid dienone is 1. The summed E-state index contributed by atoms with van der Waals surface area (Å²) < 4.78 is 72.3. The van der Waals surface area contributed by atoms with Crippen LogP contribution in [0.4, 0.5) is 0 Å². The zero-order chi connectivity index (χ0) is 71.3. The van der Waals surface area contributed by atoms with Gasteiger partial charge in [0.15, 0.2) is 37.4 Å². The summed E-state index contributed by atoms with van der Waals surface area (Å²) in [5.41, 5.74) is -4.97. The van der Waals surface area contributed by atoms with Crippen molar-refractivity contribution in [1.82, 2.24) is 0 Å². The smallest absolute Gasteiger partial charge is 0.331 e. The second kappa shape index (κ2) is 28.6. The van der Waals surface area contributed by atoms with Gasteiger partial charge in [-0.1, -0.05) is 51.5 Å². The molecule has 10 aliphatic rings. The van der Waals surface area contributed by atoms with Gasteiger partial charge in [-0.25, -0.2) is 4.79 Å². The van der Waals surface area contributed by atoms with E-state index in [4.69, 9.17) is 56.8 Å². The van der Waals surface area contributed by atoms with Crippen LogP contribution >= 0.6 is 0 Å². The molecule has 0 unspecified atom stereocenters. The highest BCUT2D eigenvalue weighted by molar-refractivity contribution is 5.87. The molecule has 5 saturated heterocycles. The van der Waals surface area contributed by atoms with E-state index in [9.17, 15) is 86.2 Å². The second-order valence-electron chi connectivity index (χ2n) is 30.5. The van der Waals surface area contributed by atoms with Gasteiger partial charge in [-0.2, -0.15) is 0 Å². The van der Waals surface area contributed by atoms with Crippen molar-refractivity contribution in [2.24, 2.45) is 50.2 Å². The van der Waals surface area contributed by atoms with Crippen molar-refractivity contribution < 1.29 is 148 Å². The summed E-state index contributed by atoms with van der Waals surface area (Å²) in [6, 6.07) is 6.74. The van der Waals surface area contributed by atoms with Gasteiger partial charge in [0.1, 0.15) is 97.3 Å². The lowest BCUT2D eigenvalue weighted by atomic mass is 9.33. The molecule has 11 rings (SSSR count). The van der Waals surface area contributed by atoms with Crippen LogP contribution in [0.2, 0.25) is 0 Å². The molecule has 1 aromatic rings. The number of carbonyl (C=O) groups is 3. The van der Waals surface area contributed by atoms with Crippen LogP contribution in [0.3, 0.4) is 0 Å². The second-order valence-corrected chi connectivity index (χ2v) is 30.5. The number of benzene rings is 1. The number of hydrogen-bond donors (Lipinski definition) is 15. The Bertz CT molecular complexity index is 3040. The fraction of sp³-hybridized carbons (Fsp3) is 0.809. The molecule has 33 atom stereocenters. The minimum absolute atomic E-state index is 0.00304. The molecule has 5 aliphatic carbocycles. The summed E-state index contributed by atoms with van der Waals surface area (Å²) >= 11 is 0. The lowest BCUT2D eigenvalue weighted by molar-refractivity contribution is -0.390. The van der Waals surface area contributed by atoms with Crippen molar-refractivity contribution >= 4 is 24.0 Å². The first-order chi connectivity index (χ1) is 46.1. The summed E-state index contributed by atoms with van der Waals surface area (Å²) in [6.07, 6.45) is -35.4. The van der Waals surface area contributed by atoms with E-state index < -0.39 is 230 Å². The summed E-state index contributed by atoms with van der Waals surface area (Å²) in [4.78, 5) is 43.7. The largest absolute Gasteiger partial charge is 0.497 e. The molecule has 0 amide bonds. The Balaban J connectivity index is 0.904. The number of methoxy groups -OCH3 is 1. The number of aliphatic hydroxyl groups is 14. The van der Waals surface area contributed by atoms with E-state index in [0.29, 0.717) is 37.0 Å². The van der Waals surface area contributed by atoms with E-state index in [-0.39, 0.29) is 50.0 Å². The van der Waals surface area contributed by atoms with Crippen molar-refractivity contribution in [2.45, 2.75) is 260 Å². The Morgan fingerprint density at radius 2 is 1.16 bits per heavy atom. The molecule has 5 aliphatic heterocycles. The molecule has 5 heterocycles. The van der Waals surface area contributed by atoms with E-state index in [1.54, 1.807) is 24.3 Å². The normalized spacial score (nSPS) is 49.4. The van der Waals surface area contributed by atoms with Crippen molar-refractivity contribution in [2.75, 3.05) is 33.5 Å². The Morgan fingerprint density at radius 1 is 0.582 bits per heavy atom. The first-order valence-electron chi connectivity index (χ1n) is 34.0. The van der Waals surface area contributed by atoms with Crippen LogP contribution in [-0.2, 0) is 66.5 Å². The number of carboxylic acid groups (broad SMARTS) is 1. The van der Waals surface area contributed by atoms with Crippen LogP contribution in [0.25, 0.3) is 6.08 Å². The maximum absolute atomic E-state index is 16.0. The predicted molar refractivity (Wildman–Crippen MR) is 331 cm³/mol. The average Bonchev–Trinajstić information content (AvgIpc) is 0.670. The zero-order valence-electron chi connectivity index (χ0n) is 56.2. The molecule has 0 spiro atoms. The highest BCUT2D eigenvalue weighted by Gasteiger charge is 2.74. The first-order valence-corrected chi connectivity index (χ1v) is 34.0. The number of fused-ring (bicyclic) bond motifs is 7. The van der Waals surface area contributed by atoms with Crippen LogP contribution in [-0.4, -0.2) is 282 Å². The SMILES string of the molecule is COc1ccc(/C=C/C(=O)O[C@@H]2[C@H](O)[C@@H](O[C@@H]3O[C@@H](C)[C@H](O[C@@H]4OC[C@@H](O)[C@H](O)[C@H]4O)[C@@H](O[C@@H]4OC[C@H](O)[C@H](O)[C@H]4O)[C@H]3O)[C@H](OC(=O)[C@]34CCC(C)(C)C[C@H]3C3=CC[C@@H]5[C@@]6(C)C[C@H](O)[C@H](O[C@@H]7O[C@H](CO)[C@@H](O)[C@H](O)[C@H]7O)[C@@](C)(C(=O)O)[C@@H]6CC[C@@]5(C)[C@]3(CO)CC4)O[C@@H]2C)cc1. The Morgan fingerprint density at radius 3 is 1.78 bits per heavy atom.